The number of benzene rings is 2. The predicted octanol–water partition coefficient (Wildman–Crippen LogP) is 3.17. The first-order chi connectivity index (χ1) is 12.6. The lowest BCUT2D eigenvalue weighted by Gasteiger charge is -2.39. The topological polar surface area (TPSA) is 54.2 Å². The standard InChI is InChI=1S/C21H26N4O/c1-15-10-12-16(13-11-15)20(21(26)19-9-5-6-14-24(19)2)25-18-8-4-3-7-17(18)22-23-25/h3-4,7-8,10-13,19-21,26H,5-6,9,14H2,1-2H3. The van der Waals surface area contributed by atoms with Gasteiger partial charge >= 0.3 is 0 Å². The molecule has 0 amide bonds. The van der Waals surface area contributed by atoms with Crippen molar-refractivity contribution < 1.29 is 5.11 Å². The Morgan fingerprint density at radius 1 is 1.08 bits per heavy atom. The van der Waals surface area contributed by atoms with Crippen LogP contribution in [0.1, 0.15) is 36.4 Å². The van der Waals surface area contributed by atoms with Crippen molar-refractivity contribution >= 4 is 11.0 Å². The first-order valence-electron chi connectivity index (χ1n) is 9.40. The van der Waals surface area contributed by atoms with Gasteiger partial charge in [-0.2, -0.15) is 0 Å². The van der Waals surface area contributed by atoms with Crippen LogP contribution in [0.15, 0.2) is 48.5 Å². The second-order valence-electron chi connectivity index (χ2n) is 7.41. The van der Waals surface area contributed by atoms with Crippen LogP contribution < -0.4 is 0 Å². The van der Waals surface area contributed by atoms with Crippen molar-refractivity contribution in [3.63, 3.8) is 0 Å². The monoisotopic (exact) mass is 350 g/mol. The summed E-state index contributed by atoms with van der Waals surface area (Å²) in [4.78, 5) is 2.29. The van der Waals surface area contributed by atoms with Gasteiger partial charge in [-0.3, -0.25) is 0 Å². The van der Waals surface area contributed by atoms with Crippen molar-refractivity contribution in [3.8, 4) is 0 Å². The summed E-state index contributed by atoms with van der Waals surface area (Å²) < 4.78 is 1.90. The average molecular weight is 350 g/mol. The van der Waals surface area contributed by atoms with E-state index in [0.29, 0.717) is 0 Å². The molecule has 2 aromatic carbocycles. The summed E-state index contributed by atoms with van der Waals surface area (Å²) >= 11 is 0. The summed E-state index contributed by atoms with van der Waals surface area (Å²) in [6, 6.07) is 16.2. The average Bonchev–Trinajstić information content (AvgIpc) is 3.08. The largest absolute Gasteiger partial charge is 0.389 e. The van der Waals surface area contributed by atoms with E-state index in [-0.39, 0.29) is 12.1 Å². The molecule has 136 valence electrons. The van der Waals surface area contributed by atoms with E-state index >= 15 is 0 Å². The van der Waals surface area contributed by atoms with E-state index in [1.54, 1.807) is 0 Å². The lowest BCUT2D eigenvalue weighted by molar-refractivity contribution is 0.0149. The van der Waals surface area contributed by atoms with E-state index in [1.807, 2.05) is 28.9 Å². The molecule has 1 aliphatic rings. The van der Waals surface area contributed by atoms with Crippen LogP contribution in [0.5, 0.6) is 0 Å². The highest BCUT2D eigenvalue weighted by atomic mass is 16.3. The second kappa shape index (κ2) is 7.17. The Kier molecular flexibility index (Phi) is 4.74. The van der Waals surface area contributed by atoms with Crippen molar-refractivity contribution in [1.29, 1.82) is 0 Å². The Morgan fingerprint density at radius 3 is 2.62 bits per heavy atom. The van der Waals surface area contributed by atoms with Crippen LogP contribution in [0.25, 0.3) is 11.0 Å². The van der Waals surface area contributed by atoms with E-state index < -0.39 is 6.10 Å². The number of likely N-dealkylation sites (N-methyl/N-ethyl adjacent to an activating group) is 1. The smallest absolute Gasteiger partial charge is 0.113 e. The zero-order valence-electron chi connectivity index (χ0n) is 15.4. The van der Waals surface area contributed by atoms with E-state index in [2.05, 4.69) is 53.4 Å². The molecular formula is C21H26N4O. The SMILES string of the molecule is Cc1ccc(C(C(O)C2CCCCN2C)n2nnc3ccccc32)cc1. The van der Waals surface area contributed by atoms with Gasteiger partial charge in [-0.25, -0.2) is 4.68 Å². The van der Waals surface area contributed by atoms with Gasteiger partial charge in [-0.05, 0) is 51.1 Å². The number of aliphatic hydroxyl groups excluding tert-OH is 1. The number of rotatable bonds is 4. The van der Waals surface area contributed by atoms with Gasteiger partial charge in [-0.15, -0.1) is 5.10 Å². The first-order valence-corrected chi connectivity index (χ1v) is 9.40. The molecule has 0 bridgehead atoms. The molecule has 0 spiro atoms. The molecule has 2 heterocycles. The number of nitrogens with zero attached hydrogens (tertiary/aromatic N) is 4. The van der Waals surface area contributed by atoms with Crippen LogP contribution in [-0.4, -0.2) is 50.7 Å². The summed E-state index contributed by atoms with van der Waals surface area (Å²) in [5, 5.41) is 20.2. The van der Waals surface area contributed by atoms with E-state index in [0.717, 1.165) is 36.0 Å². The van der Waals surface area contributed by atoms with Crippen molar-refractivity contribution in [2.24, 2.45) is 0 Å². The van der Waals surface area contributed by atoms with Crippen LogP contribution in [0.4, 0.5) is 0 Å². The van der Waals surface area contributed by atoms with Crippen LogP contribution in [-0.2, 0) is 0 Å². The van der Waals surface area contributed by atoms with Gasteiger partial charge in [0.2, 0.25) is 0 Å². The molecule has 0 aliphatic carbocycles. The Bertz CT molecular complexity index is 873. The van der Waals surface area contributed by atoms with Crippen LogP contribution in [0.2, 0.25) is 0 Å². The Morgan fingerprint density at radius 2 is 1.85 bits per heavy atom. The van der Waals surface area contributed by atoms with Gasteiger partial charge in [0.1, 0.15) is 11.6 Å². The molecule has 0 radical (unpaired) electrons. The number of aryl methyl sites for hydroxylation is 1. The van der Waals surface area contributed by atoms with Crippen molar-refractivity contribution in [2.45, 2.75) is 44.4 Å². The number of piperidine rings is 1. The minimum absolute atomic E-state index is 0.123. The Balaban J connectivity index is 1.80. The van der Waals surface area contributed by atoms with Gasteiger partial charge in [0.25, 0.3) is 0 Å². The fraction of sp³-hybridized carbons (Fsp3) is 0.429. The lowest BCUT2D eigenvalue weighted by Crippen LogP contribution is -2.48. The number of hydrogen-bond donors (Lipinski definition) is 1. The first kappa shape index (κ1) is 17.2. The fourth-order valence-corrected chi connectivity index (χ4v) is 4.08. The number of para-hydroxylation sites is 1. The van der Waals surface area contributed by atoms with Gasteiger partial charge in [0, 0.05) is 6.04 Å². The molecule has 1 aromatic heterocycles. The number of fused-ring (bicyclic) bond motifs is 1. The number of aromatic nitrogens is 3. The molecule has 1 aliphatic heterocycles. The fourth-order valence-electron chi connectivity index (χ4n) is 4.08. The maximum absolute atomic E-state index is 11.4. The summed E-state index contributed by atoms with van der Waals surface area (Å²) in [5.74, 6) is 0. The summed E-state index contributed by atoms with van der Waals surface area (Å²) in [5.41, 5.74) is 4.09. The summed E-state index contributed by atoms with van der Waals surface area (Å²) in [6.07, 6.45) is 2.81. The minimum Gasteiger partial charge on any atom is -0.389 e. The highest BCUT2D eigenvalue weighted by Crippen LogP contribution is 2.31. The summed E-state index contributed by atoms with van der Waals surface area (Å²) in [6.45, 7) is 3.11. The third-order valence-corrected chi connectivity index (χ3v) is 5.60. The zero-order valence-corrected chi connectivity index (χ0v) is 15.4. The van der Waals surface area contributed by atoms with E-state index in [4.69, 9.17) is 0 Å². The third-order valence-electron chi connectivity index (χ3n) is 5.60. The van der Waals surface area contributed by atoms with Crippen LogP contribution >= 0.6 is 0 Å². The highest BCUT2D eigenvalue weighted by Gasteiger charge is 2.35. The zero-order chi connectivity index (χ0) is 18.1. The molecular weight excluding hydrogens is 324 g/mol. The predicted molar refractivity (Wildman–Crippen MR) is 103 cm³/mol. The number of likely N-dealkylation sites (tertiary alicyclic amines) is 1. The minimum atomic E-state index is -0.548. The van der Waals surface area contributed by atoms with E-state index in [9.17, 15) is 5.11 Å². The molecule has 1 fully saturated rings. The third kappa shape index (κ3) is 3.13. The van der Waals surface area contributed by atoms with Crippen molar-refractivity contribution in [2.75, 3.05) is 13.6 Å². The molecule has 5 nitrogen and oxygen atoms in total. The Labute approximate surface area is 154 Å². The molecule has 0 saturated carbocycles. The molecule has 3 aromatic rings. The molecule has 26 heavy (non-hydrogen) atoms. The van der Waals surface area contributed by atoms with Crippen molar-refractivity contribution in [3.05, 3.63) is 59.7 Å². The van der Waals surface area contributed by atoms with Gasteiger partial charge in [0.05, 0.1) is 11.6 Å². The Hall–Kier alpha value is -2.24. The molecule has 3 unspecified atom stereocenters. The highest BCUT2D eigenvalue weighted by molar-refractivity contribution is 5.74. The molecule has 1 N–H and O–H groups in total. The van der Waals surface area contributed by atoms with E-state index in [1.165, 1.54) is 12.0 Å². The van der Waals surface area contributed by atoms with Crippen LogP contribution in [0.3, 0.4) is 0 Å². The maximum atomic E-state index is 11.4. The molecule has 4 rings (SSSR count). The quantitative estimate of drug-likeness (QED) is 0.785. The number of hydrogen-bond acceptors (Lipinski definition) is 4. The second-order valence-corrected chi connectivity index (χ2v) is 7.41. The van der Waals surface area contributed by atoms with Crippen LogP contribution in [0, 0.1) is 6.92 Å². The maximum Gasteiger partial charge on any atom is 0.113 e. The molecule has 3 atom stereocenters. The van der Waals surface area contributed by atoms with Crippen molar-refractivity contribution in [1.82, 2.24) is 19.9 Å². The lowest BCUT2D eigenvalue weighted by atomic mass is 9.89. The molecule has 5 heteroatoms. The van der Waals surface area contributed by atoms with Gasteiger partial charge < -0.3 is 10.0 Å². The summed E-state index contributed by atoms with van der Waals surface area (Å²) in [7, 11) is 2.11. The molecule has 1 saturated heterocycles. The number of aliphatic hydroxyl groups is 1. The van der Waals surface area contributed by atoms with Gasteiger partial charge in [0.15, 0.2) is 0 Å². The normalized spacial score (nSPS) is 21.0. The van der Waals surface area contributed by atoms with Gasteiger partial charge in [-0.1, -0.05) is 53.6 Å².